The van der Waals surface area contributed by atoms with E-state index in [-0.39, 0.29) is 41.0 Å². The summed E-state index contributed by atoms with van der Waals surface area (Å²) in [6, 6.07) is 1.12. The number of phenolic OH excluding ortho intramolecular Hbond substituents is 2. The van der Waals surface area contributed by atoms with Crippen LogP contribution in [0.4, 0.5) is 0 Å². The largest absolute Gasteiger partial charge is 0.507 e. The molecule has 3 heterocycles. The molecule has 1 aromatic carbocycles. The Kier molecular flexibility index (Phi) is 5.09. The average Bonchev–Trinajstić information content (AvgIpc) is 3.16. The Labute approximate surface area is 208 Å². The van der Waals surface area contributed by atoms with Crippen LogP contribution >= 0.6 is 0 Å². The molecular weight excluding hydrogens is 464 g/mol. The van der Waals surface area contributed by atoms with E-state index in [1.807, 2.05) is 27.7 Å². The first-order valence-electron chi connectivity index (χ1n) is 12.1. The lowest BCUT2D eigenvalue weighted by molar-refractivity contribution is -0.173. The maximum atomic E-state index is 13.9. The SMILES string of the molecule is C=CC(C)(C)c1c(O)cc(O)c2c(=O)c3c(oc12)C[C@@H]1[C@@H]2[C@H]3OC(=O)[C@]2(C[C@H](O)C(=C)C)OC1(C)C. The monoisotopic (exact) mass is 496 g/mol. The summed E-state index contributed by atoms with van der Waals surface area (Å²) < 4.78 is 18.5. The number of phenols is 2. The molecule has 3 N–H and O–H groups in total. The van der Waals surface area contributed by atoms with Crippen molar-refractivity contribution in [3.63, 3.8) is 0 Å². The minimum atomic E-state index is -1.44. The number of hydrogen-bond acceptors (Lipinski definition) is 8. The Morgan fingerprint density at radius 3 is 2.56 bits per heavy atom. The molecule has 2 saturated heterocycles. The van der Waals surface area contributed by atoms with Crippen molar-refractivity contribution in [1.82, 2.24) is 0 Å². The van der Waals surface area contributed by atoms with Gasteiger partial charge in [0.25, 0.3) is 0 Å². The molecule has 2 aromatic rings. The number of ether oxygens (including phenoxy) is 2. The molecule has 1 aromatic heterocycles. The summed E-state index contributed by atoms with van der Waals surface area (Å²) in [6.45, 7) is 16.7. The van der Waals surface area contributed by atoms with Crippen LogP contribution < -0.4 is 5.43 Å². The van der Waals surface area contributed by atoms with E-state index in [0.717, 1.165) is 6.07 Å². The second-order valence-corrected chi connectivity index (χ2v) is 11.5. The quantitative estimate of drug-likeness (QED) is 0.420. The van der Waals surface area contributed by atoms with E-state index in [4.69, 9.17) is 13.9 Å². The number of aliphatic hydroxyl groups excluding tert-OH is 1. The van der Waals surface area contributed by atoms with E-state index in [2.05, 4.69) is 13.2 Å². The van der Waals surface area contributed by atoms with Crippen LogP contribution in [0.1, 0.15) is 64.0 Å². The van der Waals surface area contributed by atoms with Gasteiger partial charge in [-0.2, -0.15) is 0 Å². The number of aromatic hydroxyl groups is 2. The number of fused-ring (bicyclic) bond motifs is 3. The van der Waals surface area contributed by atoms with Crippen LogP contribution in [0.15, 0.2) is 40.1 Å². The van der Waals surface area contributed by atoms with E-state index in [1.54, 1.807) is 13.0 Å². The van der Waals surface area contributed by atoms with E-state index in [1.165, 1.54) is 0 Å². The normalized spacial score (nSPS) is 28.9. The fraction of sp³-hybridized carbons (Fsp3) is 0.500. The van der Waals surface area contributed by atoms with Crippen molar-refractivity contribution < 1.29 is 34.0 Å². The summed E-state index contributed by atoms with van der Waals surface area (Å²) in [5.74, 6) is -1.75. The van der Waals surface area contributed by atoms with Crippen molar-refractivity contribution >= 4 is 16.9 Å². The van der Waals surface area contributed by atoms with Crippen LogP contribution in [-0.4, -0.2) is 38.6 Å². The molecule has 3 aliphatic rings. The second-order valence-electron chi connectivity index (χ2n) is 11.5. The van der Waals surface area contributed by atoms with Gasteiger partial charge in [-0.25, -0.2) is 4.79 Å². The van der Waals surface area contributed by atoms with Crippen molar-refractivity contribution in [2.45, 2.75) is 76.3 Å². The van der Waals surface area contributed by atoms with Gasteiger partial charge in [-0.15, -0.1) is 6.58 Å². The van der Waals surface area contributed by atoms with Crippen LogP contribution in [0.5, 0.6) is 11.5 Å². The predicted octanol–water partition coefficient (Wildman–Crippen LogP) is 3.93. The number of hydrogen-bond donors (Lipinski definition) is 3. The number of rotatable bonds is 5. The Bertz CT molecular complexity index is 1400. The first-order chi connectivity index (χ1) is 16.7. The van der Waals surface area contributed by atoms with Crippen molar-refractivity contribution in [2.75, 3.05) is 0 Å². The van der Waals surface area contributed by atoms with Gasteiger partial charge >= 0.3 is 5.97 Å². The number of benzene rings is 1. The lowest BCUT2D eigenvalue weighted by atomic mass is 9.66. The van der Waals surface area contributed by atoms with Gasteiger partial charge in [-0.05, 0) is 20.8 Å². The summed E-state index contributed by atoms with van der Waals surface area (Å²) in [7, 11) is 0. The standard InChI is InChI=1S/C28H32O8/c1-8-26(4,5)21-15(30)10-14(29)18-22(32)19-17(34-23(18)21)9-13-20-24(19)35-25(33)28(20,36-27(13,6)7)11-16(31)12(2)3/h8,10,13,16,20,24,29-31H,1-2,9,11H2,3-7H3/t13-,16+,20-,24+,28-/m1/s1. The highest BCUT2D eigenvalue weighted by Gasteiger charge is 2.72. The first kappa shape index (κ1) is 24.6. The number of allylic oxidation sites excluding steroid dienone is 1. The zero-order valence-electron chi connectivity index (χ0n) is 21.2. The van der Waals surface area contributed by atoms with Gasteiger partial charge in [0.2, 0.25) is 5.43 Å². The Hall–Kier alpha value is -3.10. The van der Waals surface area contributed by atoms with E-state index in [0.29, 0.717) is 16.9 Å². The van der Waals surface area contributed by atoms with Crippen LogP contribution in [-0.2, 0) is 26.1 Å². The van der Waals surface area contributed by atoms with E-state index in [9.17, 15) is 24.9 Å². The summed E-state index contributed by atoms with van der Waals surface area (Å²) in [6.07, 6.45) is -0.0818. The lowest BCUT2D eigenvalue weighted by Gasteiger charge is -2.35. The molecule has 36 heavy (non-hydrogen) atoms. The molecule has 5 rings (SSSR count). The van der Waals surface area contributed by atoms with Crippen molar-refractivity contribution in [3.05, 3.63) is 58.0 Å². The Morgan fingerprint density at radius 2 is 1.94 bits per heavy atom. The minimum Gasteiger partial charge on any atom is -0.507 e. The molecular formula is C28H32O8. The molecule has 192 valence electrons. The molecule has 8 heteroatoms. The first-order valence-corrected chi connectivity index (χ1v) is 12.1. The smallest absolute Gasteiger partial charge is 0.339 e. The Morgan fingerprint density at radius 1 is 1.28 bits per heavy atom. The molecule has 0 amide bonds. The van der Waals surface area contributed by atoms with Gasteiger partial charge in [0.15, 0.2) is 5.60 Å². The van der Waals surface area contributed by atoms with Crippen LogP contribution in [0, 0.1) is 11.8 Å². The number of carbonyl (C=O) groups is 1. The van der Waals surface area contributed by atoms with Crippen LogP contribution in [0.2, 0.25) is 0 Å². The minimum absolute atomic E-state index is 0.0344. The van der Waals surface area contributed by atoms with Gasteiger partial charge in [-0.3, -0.25) is 4.79 Å². The highest BCUT2D eigenvalue weighted by molar-refractivity contribution is 5.90. The van der Waals surface area contributed by atoms with Crippen molar-refractivity contribution in [2.24, 2.45) is 11.8 Å². The van der Waals surface area contributed by atoms with Crippen LogP contribution in [0.3, 0.4) is 0 Å². The van der Waals surface area contributed by atoms with Crippen LogP contribution in [0.25, 0.3) is 11.0 Å². The van der Waals surface area contributed by atoms with Crippen molar-refractivity contribution in [3.8, 4) is 11.5 Å². The van der Waals surface area contributed by atoms with E-state index >= 15 is 0 Å². The number of aliphatic hydroxyl groups is 1. The molecule has 0 bridgehead atoms. The second kappa shape index (κ2) is 7.46. The van der Waals surface area contributed by atoms with Gasteiger partial charge in [-0.1, -0.05) is 32.1 Å². The van der Waals surface area contributed by atoms with E-state index < -0.39 is 51.9 Å². The zero-order valence-corrected chi connectivity index (χ0v) is 21.2. The summed E-state index contributed by atoms with van der Waals surface area (Å²) in [4.78, 5) is 27.3. The maximum absolute atomic E-state index is 13.9. The Balaban J connectivity index is 1.78. The molecule has 8 nitrogen and oxygen atoms in total. The van der Waals surface area contributed by atoms with Gasteiger partial charge < -0.3 is 29.2 Å². The molecule has 0 spiro atoms. The summed E-state index contributed by atoms with van der Waals surface area (Å²) in [5.41, 5.74) is -2.47. The highest BCUT2D eigenvalue weighted by atomic mass is 16.6. The lowest BCUT2D eigenvalue weighted by Crippen LogP contribution is -2.45. The topological polar surface area (TPSA) is 126 Å². The molecule has 5 atom stereocenters. The number of carbonyl (C=O) groups excluding carboxylic acids is 1. The number of esters is 1. The van der Waals surface area contributed by atoms with Gasteiger partial charge in [0.05, 0.1) is 17.3 Å². The fourth-order valence-corrected chi connectivity index (χ4v) is 6.38. The highest BCUT2D eigenvalue weighted by Crippen LogP contribution is 2.62. The maximum Gasteiger partial charge on any atom is 0.339 e. The average molecular weight is 497 g/mol. The molecule has 1 aliphatic carbocycles. The molecule has 0 unspecified atom stereocenters. The molecule has 2 aliphatic heterocycles. The molecule has 0 radical (unpaired) electrons. The third kappa shape index (κ3) is 3.07. The summed E-state index contributed by atoms with van der Waals surface area (Å²) >= 11 is 0. The predicted molar refractivity (Wildman–Crippen MR) is 132 cm³/mol. The van der Waals surface area contributed by atoms with Gasteiger partial charge in [0, 0.05) is 41.7 Å². The fourth-order valence-electron chi connectivity index (χ4n) is 6.38. The third-order valence-electron chi connectivity index (χ3n) is 8.36. The zero-order chi connectivity index (χ0) is 26.5. The molecule has 0 saturated carbocycles. The molecule has 2 fully saturated rings. The van der Waals surface area contributed by atoms with Crippen molar-refractivity contribution in [1.29, 1.82) is 0 Å². The van der Waals surface area contributed by atoms with Gasteiger partial charge in [0.1, 0.15) is 34.3 Å². The summed E-state index contributed by atoms with van der Waals surface area (Å²) in [5, 5.41) is 31.9. The third-order valence-corrected chi connectivity index (χ3v) is 8.36.